The lowest BCUT2D eigenvalue weighted by Gasteiger charge is -2.08. The fraction of sp³-hybridized carbons (Fsp3) is 0. The van der Waals surface area contributed by atoms with Gasteiger partial charge in [-0.25, -0.2) is 4.39 Å². The summed E-state index contributed by atoms with van der Waals surface area (Å²) in [5.41, 5.74) is 2.33. The standard InChI is InChI=1S/C19H14FNO/c20-18-13-15(14-7-3-1-4-8-14)11-12-17(18)19(22)21-16-9-5-2-6-10-16/h1-13H,(H,21,22). The molecule has 3 aromatic rings. The second kappa shape index (κ2) is 6.22. The minimum atomic E-state index is -0.533. The fourth-order valence-electron chi connectivity index (χ4n) is 2.23. The third-order valence-corrected chi connectivity index (χ3v) is 3.35. The van der Waals surface area contributed by atoms with Crippen molar-refractivity contribution in [3.63, 3.8) is 0 Å². The topological polar surface area (TPSA) is 29.1 Å². The molecule has 1 N–H and O–H groups in total. The van der Waals surface area contributed by atoms with Crippen molar-refractivity contribution in [1.82, 2.24) is 0 Å². The molecule has 0 aliphatic carbocycles. The van der Waals surface area contributed by atoms with Crippen LogP contribution in [-0.2, 0) is 0 Å². The van der Waals surface area contributed by atoms with Crippen LogP contribution in [0, 0.1) is 5.82 Å². The van der Waals surface area contributed by atoms with Crippen LogP contribution in [-0.4, -0.2) is 5.91 Å². The smallest absolute Gasteiger partial charge is 0.258 e. The van der Waals surface area contributed by atoms with Gasteiger partial charge in [0.15, 0.2) is 0 Å². The van der Waals surface area contributed by atoms with Crippen LogP contribution in [0.1, 0.15) is 10.4 Å². The molecular weight excluding hydrogens is 277 g/mol. The summed E-state index contributed by atoms with van der Waals surface area (Å²) in [4.78, 5) is 12.1. The Morgan fingerprint density at radius 2 is 1.41 bits per heavy atom. The van der Waals surface area contributed by atoms with E-state index in [1.54, 1.807) is 18.2 Å². The molecule has 0 aromatic heterocycles. The monoisotopic (exact) mass is 291 g/mol. The average Bonchev–Trinajstić information content (AvgIpc) is 2.56. The first-order chi connectivity index (χ1) is 10.7. The number of carbonyl (C=O) groups is 1. The summed E-state index contributed by atoms with van der Waals surface area (Å²) >= 11 is 0. The van der Waals surface area contributed by atoms with E-state index in [9.17, 15) is 9.18 Å². The molecule has 108 valence electrons. The van der Waals surface area contributed by atoms with Crippen molar-refractivity contribution in [2.45, 2.75) is 0 Å². The summed E-state index contributed by atoms with van der Waals surface area (Å²) < 4.78 is 14.2. The predicted molar refractivity (Wildman–Crippen MR) is 86.2 cm³/mol. The molecule has 0 saturated carbocycles. The van der Waals surface area contributed by atoms with Gasteiger partial charge in [0.1, 0.15) is 5.82 Å². The Hall–Kier alpha value is -2.94. The van der Waals surface area contributed by atoms with E-state index in [-0.39, 0.29) is 5.56 Å². The number of hydrogen-bond acceptors (Lipinski definition) is 1. The second-order valence-corrected chi connectivity index (χ2v) is 4.88. The zero-order chi connectivity index (χ0) is 15.4. The molecule has 0 radical (unpaired) electrons. The number of anilines is 1. The van der Waals surface area contributed by atoms with Crippen molar-refractivity contribution in [2.24, 2.45) is 0 Å². The highest BCUT2D eigenvalue weighted by Crippen LogP contribution is 2.22. The lowest BCUT2D eigenvalue weighted by atomic mass is 10.0. The first-order valence-electron chi connectivity index (χ1n) is 6.95. The van der Waals surface area contributed by atoms with E-state index in [0.717, 1.165) is 11.1 Å². The predicted octanol–water partition coefficient (Wildman–Crippen LogP) is 4.75. The number of carbonyl (C=O) groups excluding carboxylic acids is 1. The highest BCUT2D eigenvalue weighted by molar-refractivity contribution is 6.04. The van der Waals surface area contributed by atoms with Crippen molar-refractivity contribution in [1.29, 1.82) is 0 Å². The quantitative estimate of drug-likeness (QED) is 0.741. The van der Waals surface area contributed by atoms with E-state index in [2.05, 4.69) is 5.32 Å². The van der Waals surface area contributed by atoms with Crippen LogP contribution < -0.4 is 5.32 Å². The molecular formula is C19H14FNO. The Morgan fingerprint density at radius 3 is 2.05 bits per heavy atom. The van der Waals surface area contributed by atoms with Crippen LogP contribution in [0.5, 0.6) is 0 Å². The van der Waals surface area contributed by atoms with Crippen LogP contribution in [0.15, 0.2) is 78.9 Å². The van der Waals surface area contributed by atoms with Crippen LogP contribution in [0.3, 0.4) is 0 Å². The largest absolute Gasteiger partial charge is 0.322 e. The van der Waals surface area contributed by atoms with E-state index >= 15 is 0 Å². The third-order valence-electron chi connectivity index (χ3n) is 3.35. The van der Waals surface area contributed by atoms with Crippen molar-refractivity contribution in [3.8, 4) is 11.1 Å². The van der Waals surface area contributed by atoms with Gasteiger partial charge in [-0.05, 0) is 35.4 Å². The van der Waals surface area contributed by atoms with Gasteiger partial charge in [-0.15, -0.1) is 0 Å². The van der Waals surface area contributed by atoms with Crippen molar-refractivity contribution in [2.75, 3.05) is 5.32 Å². The van der Waals surface area contributed by atoms with Gasteiger partial charge >= 0.3 is 0 Å². The first-order valence-corrected chi connectivity index (χ1v) is 6.95. The van der Waals surface area contributed by atoms with Crippen molar-refractivity contribution in [3.05, 3.63) is 90.2 Å². The molecule has 0 saturated heterocycles. The molecule has 0 unspecified atom stereocenters. The van der Waals surface area contributed by atoms with E-state index in [1.165, 1.54) is 12.1 Å². The van der Waals surface area contributed by atoms with Crippen molar-refractivity contribution < 1.29 is 9.18 Å². The molecule has 0 bridgehead atoms. The molecule has 0 aliphatic rings. The molecule has 3 rings (SSSR count). The number of halogens is 1. The number of hydrogen-bond donors (Lipinski definition) is 1. The maximum atomic E-state index is 14.2. The summed E-state index contributed by atoms with van der Waals surface area (Å²) in [6, 6.07) is 23.1. The van der Waals surface area contributed by atoms with Gasteiger partial charge < -0.3 is 5.32 Å². The number of benzene rings is 3. The maximum Gasteiger partial charge on any atom is 0.258 e. The van der Waals surface area contributed by atoms with Crippen LogP contribution in [0.2, 0.25) is 0 Å². The van der Waals surface area contributed by atoms with E-state index in [0.29, 0.717) is 5.69 Å². The van der Waals surface area contributed by atoms with Gasteiger partial charge in [0, 0.05) is 5.69 Å². The molecule has 1 amide bonds. The number of rotatable bonds is 3. The Labute approximate surface area is 128 Å². The molecule has 22 heavy (non-hydrogen) atoms. The van der Waals surface area contributed by atoms with E-state index in [1.807, 2.05) is 48.5 Å². The first kappa shape index (κ1) is 14.0. The highest BCUT2D eigenvalue weighted by Gasteiger charge is 2.12. The maximum absolute atomic E-state index is 14.2. The Morgan fingerprint density at radius 1 is 0.773 bits per heavy atom. The minimum absolute atomic E-state index is 0.0311. The lowest BCUT2D eigenvalue weighted by molar-refractivity contribution is 0.102. The Bertz CT molecular complexity index is 785. The number of nitrogens with one attached hydrogen (secondary N) is 1. The molecule has 0 fully saturated rings. The van der Waals surface area contributed by atoms with Gasteiger partial charge in [0.05, 0.1) is 5.56 Å². The molecule has 0 spiro atoms. The van der Waals surface area contributed by atoms with Crippen molar-refractivity contribution >= 4 is 11.6 Å². The summed E-state index contributed by atoms with van der Waals surface area (Å²) in [5, 5.41) is 2.68. The number of amides is 1. The summed E-state index contributed by atoms with van der Waals surface area (Å²) in [7, 11) is 0. The molecule has 2 nitrogen and oxygen atoms in total. The summed E-state index contributed by atoms with van der Waals surface area (Å²) in [6.07, 6.45) is 0. The van der Waals surface area contributed by atoms with Gasteiger partial charge in [-0.1, -0.05) is 54.6 Å². The van der Waals surface area contributed by atoms with Gasteiger partial charge in [-0.2, -0.15) is 0 Å². The zero-order valence-corrected chi connectivity index (χ0v) is 11.8. The summed E-state index contributed by atoms with van der Waals surface area (Å²) in [6.45, 7) is 0. The molecule has 3 heteroatoms. The van der Waals surface area contributed by atoms with Crippen LogP contribution in [0.4, 0.5) is 10.1 Å². The van der Waals surface area contributed by atoms with E-state index < -0.39 is 11.7 Å². The summed E-state index contributed by atoms with van der Waals surface area (Å²) in [5.74, 6) is -0.988. The normalized spacial score (nSPS) is 10.2. The number of para-hydroxylation sites is 1. The third kappa shape index (κ3) is 3.04. The minimum Gasteiger partial charge on any atom is -0.322 e. The average molecular weight is 291 g/mol. The van der Waals surface area contributed by atoms with Gasteiger partial charge in [0.25, 0.3) is 5.91 Å². The van der Waals surface area contributed by atoms with Crippen LogP contribution in [0.25, 0.3) is 11.1 Å². The van der Waals surface area contributed by atoms with Gasteiger partial charge in [0.2, 0.25) is 0 Å². The van der Waals surface area contributed by atoms with Crippen LogP contribution >= 0.6 is 0 Å². The second-order valence-electron chi connectivity index (χ2n) is 4.88. The Balaban J connectivity index is 1.85. The highest BCUT2D eigenvalue weighted by atomic mass is 19.1. The van der Waals surface area contributed by atoms with Gasteiger partial charge in [-0.3, -0.25) is 4.79 Å². The fourth-order valence-corrected chi connectivity index (χ4v) is 2.23. The van der Waals surface area contributed by atoms with E-state index in [4.69, 9.17) is 0 Å². The lowest BCUT2D eigenvalue weighted by Crippen LogP contribution is -2.13. The molecule has 3 aromatic carbocycles. The molecule has 0 aliphatic heterocycles. The Kier molecular flexibility index (Phi) is 3.97. The molecule has 0 heterocycles. The molecule has 0 atom stereocenters. The SMILES string of the molecule is O=C(Nc1ccccc1)c1ccc(-c2ccccc2)cc1F. The zero-order valence-electron chi connectivity index (χ0n) is 11.8.